The van der Waals surface area contributed by atoms with Gasteiger partial charge in [0, 0.05) is 12.4 Å². The van der Waals surface area contributed by atoms with Crippen LogP contribution in [-0.2, 0) is 14.3 Å². The van der Waals surface area contributed by atoms with Crippen molar-refractivity contribution in [3.8, 4) is 0 Å². The van der Waals surface area contributed by atoms with Crippen molar-refractivity contribution in [3.63, 3.8) is 0 Å². The fourth-order valence-corrected chi connectivity index (χ4v) is 3.51. The second-order valence-corrected chi connectivity index (χ2v) is 7.73. The molecule has 4 nitrogen and oxygen atoms in total. The van der Waals surface area contributed by atoms with Crippen LogP contribution in [0.2, 0.25) is 0 Å². The van der Waals surface area contributed by atoms with Gasteiger partial charge in [0.15, 0.2) is 5.79 Å². The van der Waals surface area contributed by atoms with Crippen molar-refractivity contribution in [3.05, 3.63) is 0 Å². The standard InChI is InChI=1S/C21H40O4.Na/c1-3-4-5-6-7-8-9-10-11-12-13-14-15-19-18-24-21(2,25-19)17-16-20(22)23;/h19H,3-18H2,1-2H3,(H,22,23);/q;+1/p-1. The van der Waals surface area contributed by atoms with Crippen molar-refractivity contribution in [2.45, 2.75) is 122 Å². The summed E-state index contributed by atoms with van der Waals surface area (Å²) in [5.74, 6) is -1.78. The average molecular weight is 379 g/mol. The van der Waals surface area contributed by atoms with Crippen LogP contribution in [0.25, 0.3) is 0 Å². The molecule has 0 aromatic rings. The normalized spacial score (nSPS) is 22.3. The first kappa shape index (κ1) is 26.4. The minimum absolute atomic E-state index is 0. The first-order valence-corrected chi connectivity index (χ1v) is 10.6. The molecule has 0 aliphatic carbocycles. The molecule has 0 bridgehead atoms. The van der Waals surface area contributed by atoms with E-state index >= 15 is 0 Å². The van der Waals surface area contributed by atoms with Crippen LogP contribution in [0.15, 0.2) is 0 Å². The van der Waals surface area contributed by atoms with Crippen LogP contribution in [0.5, 0.6) is 0 Å². The summed E-state index contributed by atoms with van der Waals surface area (Å²) < 4.78 is 11.5. The number of hydrogen-bond donors (Lipinski definition) is 0. The Kier molecular flexibility index (Phi) is 16.6. The van der Waals surface area contributed by atoms with Crippen LogP contribution >= 0.6 is 0 Å². The topological polar surface area (TPSA) is 58.6 Å². The summed E-state index contributed by atoms with van der Waals surface area (Å²) in [7, 11) is 0. The van der Waals surface area contributed by atoms with Gasteiger partial charge in [0.25, 0.3) is 0 Å². The molecule has 1 heterocycles. The molecule has 0 spiro atoms. The maximum atomic E-state index is 10.6. The molecule has 0 N–H and O–H groups in total. The molecule has 0 aromatic carbocycles. The number of carboxylic acid groups (broad SMARTS) is 1. The molecule has 1 aliphatic heterocycles. The van der Waals surface area contributed by atoms with Gasteiger partial charge in [-0.15, -0.1) is 0 Å². The van der Waals surface area contributed by atoms with Gasteiger partial charge in [0.2, 0.25) is 0 Å². The molecule has 2 unspecified atom stereocenters. The van der Waals surface area contributed by atoms with Gasteiger partial charge >= 0.3 is 29.6 Å². The van der Waals surface area contributed by atoms with E-state index in [1.807, 2.05) is 6.92 Å². The first-order valence-electron chi connectivity index (χ1n) is 10.6. The van der Waals surface area contributed by atoms with Gasteiger partial charge in [0.1, 0.15) is 0 Å². The fraction of sp³-hybridized carbons (Fsp3) is 0.952. The number of ether oxygens (including phenoxy) is 2. The summed E-state index contributed by atoms with van der Waals surface area (Å²) in [5.41, 5.74) is 0. The maximum Gasteiger partial charge on any atom is 1.00 e. The number of unbranched alkanes of at least 4 members (excludes halogenated alkanes) is 11. The van der Waals surface area contributed by atoms with Crippen molar-refractivity contribution in [2.24, 2.45) is 0 Å². The molecule has 0 aromatic heterocycles. The van der Waals surface area contributed by atoms with E-state index in [1.165, 1.54) is 77.0 Å². The second-order valence-electron chi connectivity index (χ2n) is 7.73. The fourth-order valence-electron chi connectivity index (χ4n) is 3.51. The number of carboxylic acids is 1. The van der Waals surface area contributed by atoms with E-state index in [0.29, 0.717) is 13.0 Å². The summed E-state index contributed by atoms with van der Waals surface area (Å²) in [6.07, 6.45) is 17.7. The molecule has 1 saturated heterocycles. The largest absolute Gasteiger partial charge is 1.00 e. The monoisotopic (exact) mass is 378 g/mol. The van der Waals surface area contributed by atoms with Gasteiger partial charge in [-0.05, 0) is 19.8 Å². The third-order valence-corrected chi connectivity index (χ3v) is 5.15. The third kappa shape index (κ3) is 13.5. The summed E-state index contributed by atoms with van der Waals surface area (Å²) in [6.45, 7) is 4.68. The van der Waals surface area contributed by atoms with Crippen LogP contribution in [-0.4, -0.2) is 24.5 Å². The Labute approximate surface area is 183 Å². The average Bonchev–Trinajstić information content (AvgIpc) is 2.96. The summed E-state index contributed by atoms with van der Waals surface area (Å²) in [4.78, 5) is 10.6. The van der Waals surface area contributed by atoms with E-state index in [-0.39, 0.29) is 42.1 Å². The van der Waals surface area contributed by atoms with E-state index in [2.05, 4.69) is 6.92 Å². The summed E-state index contributed by atoms with van der Waals surface area (Å²) in [5, 5.41) is 10.6. The summed E-state index contributed by atoms with van der Waals surface area (Å²) >= 11 is 0. The molecule has 2 atom stereocenters. The van der Waals surface area contributed by atoms with Gasteiger partial charge in [-0.1, -0.05) is 84.0 Å². The number of hydrogen-bond acceptors (Lipinski definition) is 4. The molecule has 0 radical (unpaired) electrons. The molecule has 0 saturated carbocycles. The van der Waals surface area contributed by atoms with E-state index < -0.39 is 11.8 Å². The number of carbonyl (C=O) groups is 1. The van der Waals surface area contributed by atoms with Crippen LogP contribution < -0.4 is 34.7 Å². The molecule has 0 amide bonds. The zero-order valence-electron chi connectivity index (χ0n) is 17.5. The molecule has 26 heavy (non-hydrogen) atoms. The van der Waals surface area contributed by atoms with E-state index in [1.54, 1.807) is 0 Å². The Morgan fingerprint density at radius 3 is 1.96 bits per heavy atom. The quantitative estimate of drug-likeness (QED) is 0.303. The number of rotatable bonds is 16. The molecule has 1 aliphatic rings. The van der Waals surface area contributed by atoms with Gasteiger partial charge in [0.05, 0.1) is 12.7 Å². The van der Waals surface area contributed by atoms with Crippen molar-refractivity contribution in [1.82, 2.24) is 0 Å². The van der Waals surface area contributed by atoms with Gasteiger partial charge in [-0.25, -0.2) is 0 Å². The van der Waals surface area contributed by atoms with Crippen molar-refractivity contribution in [2.75, 3.05) is 6.61 Å². The third-order valence-electron chi connectivity index (χ3n) is 5.15. The molecule has 1 rings (SSSR count). The molecular weight excluding hydrogens is 339 g/mol. The number of carbonyl (C=O) groups excluding carboxylic acids is 1. The second kappa shape index (κ2) is 16.4. The minimum Gasteiger partial charge on any atom is -0.550 e. The van der Waals surface area contributed by atoms with Crippen LogP contribution in [0, 0.1) is 0 Å². The van der Waals surface area contributed by atoms with E-state index in [4.69, 9.17) is 9.47 Å². The molecule has 148 valence electrons. The predicted molar refractivity (Wildman–Crippen MR) is 99.2 cm³/mol. The van der Waals surface area contributed by atoms with Gasteiger partial charge in [-0.2, -0.15) is 0 Å². The van der Waals surface area contributed by atoms with Crippen LogP contribution in [0.4, 0.5) is 0 Å². The minimum atomic E-state index is -1.04. The van der Waals surface area contributed by atoms with Crippen LogP contribution in [0.3, 0.4) is 0 Å². The van der Waals surface area contributed by atoms with Crippen molar-refractivity contribution < 1.29 is 48.9 Å². The van der Waals surface area contributed by atoms with E-state index in [0.717, 1.165) is 6.42 Å². The Balaban J connectivity index is 0.00000625. The zero-order valence-corrected chi connectivity index (χ0v) is 19.5. The van der Waals surface area contributed by atoms with Crippen molar-refractivity contribution >= 4 is 5.97 Å². The van der Waals surface area contributed by atoms with Crippen molar-refractivity contribution in [1.29, 1.82) is 0 Å². The summed E-state index contributed by atoms with van der Waals surface area (Å²) in [6, 6.07) is 0. The number of aliphatic carboxylic acids is 1. The Hall–Kier alpha value is 0.390. The SMILES string of the molecule is CCCCCCCCCCCCCCC1COC(C)(CCC(=O)[O-])O1.[Na+]. The smallest absolute Gasteiger partial charge is 0.550 e. The predicted octanol–water partition coefficient (Wildman–Crippen LogP) is 1.74. The molecule has 5 heteroatoms. The van der Waals surface area contributed by atoms with Crippen LogP contribution in [0.1, 0.15) is 110 Å². The first-order chi connectivity index (χ1) is 12.1. The van der Waals surface area contributed by atoms with Gasteiger partial charge < -0.3 is 19.4 Å². The molecular formula is C21H39NaO4. The zero-order chi connectivity index (χ0) is 18.4. The molecule has 1 fully saturated rings. The maximum absolute atomic E-state index is 10.6. The Bertz CT molecular complexity index is 351. The Morgan fingerprint density at radius 1 is 0.962 bits per heavy atom. The van der Waals surface area contributed by atoms with E-state index in [9.17, 15) is 9.90 Å². The Morgan fingerprint density at radius 2 is 1.46 bits per heavy atom. The van der Waals surface area contributed by atoms with Gasteiger partial charge in [-0.3, -0.25) is 0 Å².